The lowest BCUT2D eigenvalue weighted by molar-refractivity contribution is -0.132. The molecule has 5 heteroatoms. The van der Waals surface area contributed by atoms with Gasteiger partial charge in [0.1, 0.15) is 11.6 Å². The van der Waals surface area contributed by atoms with Gasteiger partial charge in [-0.05, 0) is 95.6 Å². The number of anilines is 6. The average molecular weight is 610 g/mol. The molecule has 0 unspecified atom stereocenters. The van der Waals surface area contributed by atoms with Gasteiger partial charge in [0, 0.05) is 34.1 Å². The van der Waals surface area contributed by atoms with Crippen LogP contribution >= 0.6 is 0 Å². The van der Waals surface area contributed by atoms with Crippen LogP contribution < -0.4 is 9.80 Å². The van der Waals surface area contributed by atoms with E-state index in [-0.39, 0.29) is 5.57 Å². The Labute approximate surface area is 274 Å². The molecule has 226 valence electrons. The van der Waals surface area contributed by atoms with E-state index in [0.29, 0.717) is 0 Å². The van der Waals surface area contributed by atoms with Gasteiger partial charge in [0.25, 0.3) is 0 Å². The fourth-order valence-corrected chi connectivity index (χ4v) is 5.38. The van der Waals surface area contributed by atoms with Crippen LogP contribution in [0.1, 0.15) is 5.56 Å². The van der Waals surface area contributed by atoms with Crippen LogP contribution in [0, 0.1) is 11.3 Å². The molecule has 0 saturated heterocycles. The summed E-state index contributed by atoms with van der Waals surface area (Å²) >= 11 is 0. The first-order valence-electron chi connectivity index (χ1n) is 15.2. The summed E-state index contributed by atoms with van der Waals surface area (Å²) in [6.45, 7) is 0. The molecule has 0 spiro atoms. The van der Waals surface area contributed by atoms with Crippen molar-refractivity contribution in [3.63, 3.8) is 0 Å². The Morgan fingerprint density at radius 1 is 0.511 bits per heavy atom. The molecule has 6 aromatic rings. The highest BCUT2D eigenvalue weighted by molar-refractivity contribution is 5.91. The van der Waals surface area contributed by atoms with Crippen molar-refractivity contribution in [2.45, 2.75) is 0 Å². The first-order valence-corrected chi connectivity index (χ1v) is 15.2. The molecule has 0 radical (unpaired) electrons. The van der Waals surface area contributed by atoms with Crippen molar-refractivity contribution in [3.05, 3.63) is 187 Å². The SMILES string of the molecule is N#CC(=CC=Cc1ccc(N(c2ccccc2)c2ccc(-c3ccc(N(c4ccccc4)c4ccccc4)cc3)cc2)cc1)C(=O)O. The fourth-order valence-electron chi connectivity index (χ4n) is 5.38. The third-order valence-electron chi connectivity index (χ3n) is 7.68. The lowest BCUT2D eigenvalue weighted by Gasteiger charge is -2.26. The highest BCUT2D eigenvalue weighted by Crippen LogP contribution is 2.37. The van der Waals surface area contributed by atoms with E-state index in [2.05, 4.69) is 119 Å². The number of aliphatic carboxylic acids is 1. The molecule has 0 fully saturated rings. The van der Waals surface area contributed by atoms with E-state index in [1.54, 1.807) is 18.2 Å². The number of nitrogens with zero attached hydrogens (tertiary/aromatic N) is 3. The molecule has 6 aromatic carbocycles. The number of carboxylic acid groups (broad SMARTS) is 1. The first kappa shape index (κ1) is 30.4. The lowest BCUT2D eigenvalue weighted by Crippen LogP contribution is -2.09. The van der Waals surface area contributed by atoms with Crippen molar-refractivity contribution in [2.24, 2.45) is 0 Å². The zero-order valence-corrected chi connectivity index (χ0v) is 25.5. The molecule has 5 nitrogen and oxygen atoms in total. The number of rotatable bonds is 10. The van der Waals surface area contributed by atoms with Crippen molar-refractivity contribution in [1.29, 1.82) is 5.26 Å². The molecule has 1 N–H and O–H groups in total. The van der Waals surface area contributed by atoms with E-state index in [1.165, 1.54) is 6.08 Å². The van der Waals surface area contributed by atoms with E-state index in [1.807, 2.05) is 54.6 Å². The van der Waals surface area contributed by atoms with Gasteiger partial charge in [-0.15, -0.1) is 0 Å². The van der Waals surface area contributed by atoms with Crippen molar-refractivity contribution in [1.82, 2.24) is 0 Å². The minimum Gasteiger partial charge on any atom is -0.477 e. The van der Waals surface area contributed by atoms with Gasteiger partial charge in [0.05, 0.1) is 0 Å². The minimum absolute atomic E-state index is 0.311. The molecule has 0 heterocycles. The predicted molar refractivity (Wildman–Crippen MR) is 192 cm³/mol. The van der Waals surface area contributed by atoms with Gasteiger partial charge in [-0.25, -0.2) is 4.79 Å². The molecular weight excluding hydrogens is 578 g/mol. The van der Waals surface area contributed by atoms with Crippen LogP contribution in [0.2, 0.25) is 0 Å². The zero-order valence-electron chi connectivity index (χ0n) is 25.5. The summed E-state index contributed by atoms with van der Waals surface area (Å²) < 4.78 is 0. The maximum atomic E-state index is 11.1. The monoisotopic (exact) mass is 609 g/mol. The fraction of sp³-hybridized carbons (Fsp3) is 0. The topological polar surface area (TPSA) is 67.6 Å². The van der Waals surface area contributed by atoms with E-state index in [4.69, 9.17) is 10.4 Å². The van der Waals surface area contributed by atoms with Crippen LogP contribution in [0.4, 0.5) is 34.1 Å². The number of nitriles is 1. The molecule has 0 aliphatic rings. The Morgan fingerprint density at radius 2 is 0.851 bits per heavy atom. The number of carboxylic acids is 1. The number of carbonyl (C=O) groups is 1. The largest absolute Gasteiger partial charge is 0.477 e. The second-order valence-corrected chi connectivity index (χ2v) is 10.7. The summed E-state index contributed by atoms with van der Waals surface area (Å²) in [7, 11) is 0. The summed E-state index contributed by atoms with van der Waals surface area (Å²) in [4.78, 5) is 15.5. The van der Waals surface area contributed by atoms with Gasteiger partial charge in [0.2, 0.25) is 0 Å². The van der Waals surface area contributed by atoms with Crippen molar-refractivity contribution < 1.29 is 9.90 Å². The number of allylic oxidation sites excluding steroid dienone is 2. The molecule has 0 atom stereocenters. The number of benzene rings is 6. The summed E-state index contributed by atoms with van der Waals surface area (Å²) in [5.74, 6) is -1.24. The van der Waals surface area contributed by atoms with Gasteiger partial charge in [0.15, 0.2) is 0 Å². The quantitative estimate of drug-likeness (QED) is 0.0951. The van der Waals surface area contributed by atoms with E-state index in [0.717, 1.165) is 50.8 Å². The van der Waals surface area contributed by atoms with Crippen LogP contribution in [0.3, 0.4) is 0 Å². The number of hydrogen-bond acceptors (Lipinski definition) is 4. The molecule has 0 amide bonds. The van der Waals surface area contributed by atoms with Crippen LogP contribution in [0.5, 0.6) is 0 Å². The van der Waals surface area contributed by atoms with Crippen molar-refractivity contribution in [3.8, 4) is 17.2 Å². The molecule has 0 bridgehead atoms. The van der Waals surface area contributed by atoms with E-state index < -0.39 is 5.97 Å². The third kappa shape index (κ3) is 7.20. The highest BCUT2D eigenvalue weighted by atomic mass is 16.4. The Kier molecular flexibility index (Phi) is 9.33. The summed E-state index contributed by atoms with van der Waals surface area (Å²) in [6, 6.07) is 57.8. The van der Waals surface area contributed by atoms with Gasteiger partial charge in [-0.1, -0.05) is 103 Å². The summed E-state index contributed by atoms with van der Waals surface area (Å²) in [5, 5.41) is 18.0. The normalized spacial score (nSPS) is 11.2. The molecule has 0 aliphatic carbocycles. The van der Waals surface area contributed by atoms with Gasteiger partial charge >= 0.3 is 5.97 Å². The third-order valence-corrected chi connectivity index (χ3v) is 7.68. The Balaban J connectivity index is 1.26. The standard InChI is InChI=1S/C42H31N3O2/c43-31-35(42(46)47)12-10-11-32-19-25-39(26-20-32)45(38-17-8-3-9-18-38)41-29-23-34(24-30-41)33-21-27-40(28-22-33)44(36-13-4-1-5-14-36)37-15-6-2-7-16-37/h1-30H,(H,46,47). The second kappa shape index (κ2) is 14.4. The molecule has 47 heavy (non-hydrogen) atoms. The van der Waals surface area contributed by atoms with E-state index in [9.17, 15) is 4.79 Å². The van der Waals surface area contributed by atoms with Gasteiger partial charge < -0.3 is 14.9 Å². The van der Waals surface area contributed by atoms with E-state index >= 15 is 0 Å². The smallest absolute Gasteiger partial charge is 0.346 e. The predicted octanol–water partition coefficient (Wildman–Crippen LogP) is 10.8. The number of hydrogen-bond donors (Lipinski definition) is 1. The minimum atomic E-state index is -1.24. The molecule has 0 aromatic heterocycles. The molecule has 6 rings (SSSR count). The van der Waals surface area contributed by atoms with Crippen LogP contribution in [0.15, 0.2) is 182 Å². The average Bonchev–Trinajstić information content (AvgIpc) is 3.13. The zero-order chi connectivity index (χ0) is 32.4. The first-order chi connectivity index (χ1) is 23.1. The Morgan fingerprint density at radius 3 is 1.19 bits per heavy atom. The van der Waals surface area contributed by atoms with Crippen LogP contribution in [0.25, 0.3) is 17.2 Å². The van der Waals surface area contributed by atoms with Crippen LogP contribution in [-0.4, -0.2) is 11.1 Å². The number of para-hydroxylation sites is 3. The highest BCUT2D eigenvalue weighted by Gasteiger charge is 2.14. The molecule has 0 saturated carbocycles. The molecular formula is C42H31N3O2. The second-order valence-electron chi connectivity index (χ2n) is 10.7. The maximum Gasteiger partial charge on any atom is 0.346 e. The van der Waals surface area contributed by atoms with Gasteiger partial charge in [-0.3, -0.25) is 0 Å². The lowest BCUT2D eigenvalue weighted by atomic mass is 10.0. The van der Waals surface area contributed by atoms with Crippen molar-refractivity contribution in [2.75, 3.05) is 9.80 Å². The summed E-state index contributed by atoms with van der Waals surface area (Å²) in [5.41, 5.74) is 9.12. The van der Waals surface area contributed by atoms with Crippen LogP contribution in [-0.2, 0) is 4.79 Å². The van der Waals surface area contributed by atoms with Crippen molar-refractivity contribution >= 4 is 46.2 Å². The summed E-state index contributed by atoms with van der Waals surface area (Å²) in [6.07, 6.45) is 4.64. The van der Waals surface area contributed by atoms with Gasteiger partial charge in [-0.2, -0.15) is 5.26 Å². The molecule has 0 aliphatic heterocycles. The maximum absolute atomic E-state index is 11.1. The Bertz CT molecular complexity index is 1990. The Hall–Kier alpha value is -6.64.